The Morgan fingerprint density at radius 3 is 2.52 bits per heavy atom. The minimum Gasteiger partial charge on any atom is -0.390 e. The monoisotopic (exact) mass is 292 g/mol. The number of hydrogen-bond acceptors (Lipinski definition) is 4. The van der Waals surface area contributed by atoms with E-state index < -0.39 is 0 Å². The van der Waals surface area contributed by atoms with Gasteiger partial charge in [0.05, 0.1) is 0 Å². The summed E-state index contributed by atoms with van der Waals surface area (Å²) in [6.45, 7) is 1.75. The van der Waals surface area contributed by atoms with Crippen molar-refractivity contribution in [2.24, 2.45) is 0 Å². The van der Waals surface area contributed by atoms with Gasteiger partial charge in [0, 0.05) is 25.8 Å². The molecule has 21 heavy (non-hydrogen) atoms. The molecule has 118 valence electrons. The van der Waals surface area contributed by atoms with Crippen molar-refractivity contribution in [3.63, 3.8) is 0 Å². The van der Waals surface area contributed by atoms with Gasteiger partial charge in [-0.15, -0.1) is 0 Å². The maximum atomic E-state index is 12.3. The first kappa shape index (κ1) is 17.5. The number of nitrogens with zero attached hydrogens (tertiary/aromatic N) is 3. The zero-order chi connectivity index (χ0) is 15.7. The lowest BCUT2D eigenvalue weighted by atomic mass is 9.94. The van der Waals surface area contributed by atoms with Gasteiger partial charge in [-0.05, 0) is 39.9 Å². The molecular formula is C16H28N4O. The van der Waals surface area contributed by atoms with Crippen LogP contribution in [0.1, 0.15) is 38.5 Å². The lowest BCUT2D eigenvalue weighted by Crippen LogP contribution is -2.39. The third-order valence-corrected chi connectivity index (χ3v) is 3.97. The van der Waals surface area contributed by atoms with E-state index >= 15 is 0 Å². The van der Waals surface area contributed by atoms with E-state index in [9.17, 15) is 10.1 Å². The average molecular weight is 292 g/mol. The van der Waals surface area contributed by atoms with Crippen LogP contribution < -0.4 is 5.32 Å². The van der Waals surface area contributed by atoms with Gasteiger partial charge in [0.25, 0.3) is 5.91 Å². The van der Waals surface area contributed by atoms with Crippen LogP contribution in [-0.2, 0) is 4.79 Å². The minimum absolute atomic E-state index is 0.162. The molecule has 1 amide bonds. The first-order valence-corrected chi connectivity index (χ1v) is 7.81. The van der Waals surface area contributed by atoms with Crippen molar-refractivity contribution < 1.29 is 4.79 Å². The predicted octanol–water partition coefficient (Wildman–Crippen LogP) is 1.73. The maximum absolute atomic E-state index is 12.3. The number of likely N-dealkylation sites (N-methyl/N-ethyl adjacent to an activating group) is 1. The van der Waals surface area contributed by atoms with Gasteiger partial charge in [0.15, 0.2) is 0 Å². The van der Waals surface area contributed by atoms with Gasteiger partial charge in [-0.3, -0.25) is 4.79 Å². The standard InChI is InChI=1S/C16H28N4O/c1-19(2)11-7-10-18-13-14(12-17)16(21)20(3)15-8-5-4-6-9-15/h13,15,18H,4-11H2,1-3H3/b14-13-. The molecule has 0 heterocycles. The summed E-state index contributed by atoms with van der Waals surface area (Å²) in [5.74, 6) is -0.162. The number of hydrogen-bond donors (Lipinski definition) is 1. The number of carbonyl (C=O) groups excluding carboxylic acids is 1. The average Bonchev–Trinajstić information content (AvgIpc) is 2.50. The molecule has 0 unspecified atom stereocenters. The number of carbonyl (C=O) groups is 1. The van der Waals surface area contributed by atoms with E-state index in [1.165, 1.54) is 19.3 Å². The second-order valence-corrected chi connectivity index (χ2v) is 5.99. The highest BCUT2D eigenvalue weighted by Crippen LogP contribution is 2.22. The van der Waals surface area contributed by atoms with Crippen molar-refractivity contribution in [2.75, 3.05) is 34.2 Å². The number of amides is 1. The van der Waals surface area contributed by atoms with E-state index in [-0.39, 0.29) is 17.5 Å². The van der Waals surface area contributed by atoms with Crippen LogP contribution in [0.3, 0.4) is 0 Å². The molecule has 0 aromatic rings. The SMILES string of the molecule is CN(C)CCCN/C=C(/C#N)C(=O)N(C)C1CCCCC1. The fourth-order valence-corrected chi connectivity index (χ4v) is 2.64. The third-order valence-electron chi connectivity index (χ3n) is 3.97. The molecule has 0 spiro atoms. The Morgan fingerprint density at radius 2 is 1.95 bits per heavy atom. The highest BCUT2D eigenvalue weighted by atomic mass is 16.2. The molecule has 0 atom stereocenters. The Labute approximate surface area is 128 Å². The number of rotatable bonds is 7. The number of nitrogens with one attached hydrogen (secondary N) is 1. The molecule has 5 heteroatoms. The summed E-state index contributed by atoms with van der Waals surface area (Å²) < 4.78 is 0. The highest BCUT2D eigenvalue weighted by Gasteiger charge is 2.24. The molecule has 0 aromatic carbocycles. The van der Waals surface area contributed by atoms with Crippen molar-refractivity contribution in [1.82, 2.24) is 15.1 Å². The Balaban J connectivity index is 2.46. The second-order valence-electron chi connectivity index (χ2n) is 5.99. The summed E-state index contributed by atoms with van der Waals surface area (Å²) in [5.41, 5.74) is 0.202. The van der Waals surface area contributed by atoms with Crippen molar-refractivity contribution >= 4 is 5.91 Å². The molecule has 0 aliphatic heterocycles. The Bertz CT molecular complexity index is 392. The van der Waals surface area contributed by atoms with Gasteiger partial charge in [-0.25, -0.2) is 0 Å². The molecule has 1 aliphatic rings. The molecule has 1 N–H and O–H groups in total. The predicted molar refractivity (Wildman–Crippen MR) is 84.5 cm³/mol. The normalized spacial score (nSPS) is 16.6. The highest BCUT2D eigenvalue weighted by molar-refractivity contribution is 5.97. The lowest BCUT2D eigenvalue weighted by molar-refractivity contribution is -0.128. The topological polar surface area (TPSA) is 59.4 Å². The smallest absolute Gasteiger partial charge is 0.265 e. The fourth-order valence-electron chi connectivity index (χ4n) is 2.64. The Hall–Kier alpha value is -1.54. The first-order chi connectivity index (χ1) is 10.1. The van der Waals surface area contributed by atoms with Crippen LogP contribution in [0.25, 0.3) is 0 Å². The Kier molecular flexibility index (Phi) is 7.84. The van der Waals surface area contributed by atoms with Gasteiger partial charge in [-0.2, -0.15) is 5.26 Å². The van der Waals surface area contributed by atoms with E-state index in [0.29, 0.717) is 0 Å². The number of nitriles is 1. The van der Waals surface area contributed by atoms with E-state index in [2.05, 4.69) is 10.2 Å². The van der Waals surface area contributed by atoms with E-state index in [1.54, 1.807) is 11.1 Å². The van der Waals surface area contributed by atoms with Gasteiger partial charge < -0.3 is 15.1 Å². The van der Waals surface area contributed by atoms with Gasteiger partial charge in [0.2, 0.25) is 0 Å². The van der Waals surface area contributed by atoms with Crippen LogP contribution in [0, 0.1) is 11.3 Å². The Morgan fingerprint density at radius 1 is 1.29 bits per heavy atom. The molecule has 5 nitrogen and oxygen atoms in total. The van der Waals surface area contributed by atoms with Crippen molar-refractivity contribution in [3.05, 3.63) is 11.8 Å². The van der Waals surface area contributed by atoms with Crippen molar-refractivity contribution in [1.29, 1.82) is 5.26 Å². The third kappa shape index (κ3) is 6.17. The summed E-state index contributed by atoms with van der Waals surface area (Å²) in [5, 5.41) is 12.2. The molecule has 0 saturated heterocycles. The van der Waals surface area contributed by atoms with E-state index in [4.69, 9.17) is 0 Å². The first-order valence-electron chi connectivity index (χ1n) is 7.81. The molecule has 1 aliphatic carbocycles. The van der Waals surface area contributed by atoms with E-state index in [1.807, 2.05) is 27.2 Å². The van der Waals surface area contributed by atoms with Crippen LogP contribution >= 0.6 is 0 Å². The van der Waals surface area contributed by atoms with Gasteiger partial charge in [0.1, 0.15) is 11.6 Å². The van der Waals surface area contributed by atoms with Crippen molar-refractivity contribution in [2.45, 2.75) is 44.6 Å². The van der Waals surface area contributed by atoms with Crippen LogP contribution in [-0.4, -0.2) is 56.0 Å². The molecule has 1 fully saturated rings. The quantitative estimate of drug-likeness (QED) is 0.441. The van der Waals surface area contributed by atoms with Crippen LogP contribution in [0.15, 0.2) is 11.8 Å². The summed E-state index contributed by atoms with van der Waals surface area (Å²) in [6.07, 6.45) is 8.26. The summed E-state index contributed by atoms with van der Waals surface area (Å²) in [7, 11) is 5.87. The summed E-state index contributed by atoms with van der Waals surface area (Å²) in [6, 6.07) is 2.31. The van der Waals surface area contributed by atoms with Crippen LogP contribution in [0.2, 0.25) is 0 Å². The minimum atomic E-state index is -0.162. The van der Waals surface area contributed by atoms with E-state index in [0.717, 1.165) is 32.4 Å². The maximum Gasteiger partial charge on any atom is 0.265 e. The van der Waals surface area contributed by atoms with Crippen LogP contribution in [0.4, 0.5) is 0 Å². The molecular weight excluding hydrogens is 264 g/mol. The molecule has 1 saturated carbocycles. The summed E-state index contributed by atoms with van der Waals surface area (Å²) in [4.78, 5) is 16.2. The molecule has 0 radical (unpaired) electrons. The van der Waals surface area contributed by atoms with Gasteiger partial charge >= 0.3 is 0 Å². The molecule has 0 bridgehead atoms. The fraction of sp³-hybridized carbons (Fsp3) is 0.750. The lowest BCUT2D eigenvalue weighted by Gasteiger charge is -2.31. The zero-order valence-electron chi connectivity index (χ0n) is 13.6. The zero-order valence-corrected chi connectivity index (χ0v) is 13.6. The largest absolute Gasteiger partial charge is 0.390 e. The van der Waals surface area contributed by atoms with Crippen LogP contribution in [0.5, 0.6) is 0 Å². The van der Waals surface area contributed by atoms with Gasteiger partial charge in [-0.1, -0.05) is 19.3 Å². The second kappa shape index (κ2) is 9.41. The summed E-state index contributed by atoms with van der Waals surface area (Å²) >= 11 is 0. The molecule has 0 aromatic heterocycles. The molecule has 1 rings (SSSR count). The van der Waals surface area contributed by atoms with Crippen molar-refractivity contribution in [3.8, 4) is 6.07 Å².